The van der Waals surface area contributed by atoms with Gasteiger partial charge in [0, 0.05) is 6.54 Å². The van der Waals surface area contributed by atoms with Crippen molar-refractivity contribution in [3.05, 3.63) is 0 Å². The molecule has 0 radical (unpaired) electrons. The van der Waals surface area contributed by atoms with E-state index in [1.807, 2.05) is 13.8 Å². The molecule has 4 unspecified atom stereocenters. The third kappa shape index (κ3) is 3.98. The first-order chi connectivity index (χ1) is 8.45. The first-order valence-electron chi connectivity index (χ1n) is 6.64. The second kappa shape index (κ2) is 6.73. The van der Waals surface area contributed by atoms with Crippen LogP contribution in [-0.2, 0) is 9.59 Å². The zero-order valence-corrected chi connectivity index (χ0v) is 11.1. The standard InChI is InChI=1S/C13H23NO4/c1-3-4-9(15)7-14-12(16)10-5-8(2)6-11(10)13(17)18/h8-11,15H,3-7H2,1-2H3,(H,14,16)(H,17,18). The Morgan fingerprint density at radius 3 is 2.50 bits per heavy atom. The van der Waals surface area contributed by atoms with Gasteiger partial charge in [0.25, 0.3) is 0 Å². The summed E-state index contributed by atoms with van der Waals surface area (Å²) in [6, 6.07) is 0. The molecule has 5 heteroatoms. The lowest BCUT2D eigenvalue weighted by atomic mass is 9.95. The van der Waals surface area contributed by atoms with Gasteiger partial charge in [0.15, 0.2) is 0 Å². The lowest BCUT2D eigenvalue weighted by Crippen LogP contribution is -2.39. The van der Waals surface area contributed by atoms with Gasteiger partial charge < -0.3 is 15.5 Å². The van der Waals surface area contributed by atoms with Crippen LogP contribution in [-0.4, -0.2) is 34.7 Å². The monoisotopic (exact) mass is 257 g/mol. The molecule has 5 nitrogen and oxygen atoms in total. The van der Waals surface area contributed by atoms with E-state index in [1.165, 1.54) is 0 Å². The highest BCUT2D eigenvalue weighted by molar-refractivity contribution is 5.85. The summed E-state index contributed by atoms with van der Waals surface area (Å²) in [6.07, 6.45) is 2.14. The molecule has 0 aromatic rings. The summed E-state index contributed by atoms with van der Waals surface area (Å²) < 4.78 is 0. The van der Waals surface area contributed by atoms with Gasteiger partial charge >= 0.3 is 5.97 Å². The summed E-state index contributed by atoms with van der Waals surface area (Å²) >= 11 is 0. The third-order valence-corrected chi connectivity index (χ3v) is 3.59. The maximum absolute atomic E-state index is 11.9. The van der Waals surface area contributed by atoms with Crippen LogP contribution in [0.25, 0.3) is 0 Å². The van der Waals surface area contributed by atoms with Crippen molar-refractivity contribution in [3.8, 4) is 0 Å². The molecule has 0 aromatic carbocycles. The molecule has 18 heavy (non-hydrogen) atoms. The van der Waals surface area contributed by atoms with Gasteiger partial charge in [-0.05, 0) is 25.2 Å². The number of rotatable bonds is 6. The van der Waals surface area contributed by atoms with E-state index < -0.39 is 23.9 Å². The average Bonchev–Trinajstić information content (AvgIpc) is 2.69. The molecule has 0 heterocycles. The number of amides is 1. The molecule has 0 bridgehead atoms. The van der Waals surface area contributed by atoms with E-state index >= 15 is 0 Å². The summed E-state index contributed by atoms with van der Waals surface area (Å²) in [5.74, 6) is -1.90. The minimum absolute atomic E-state index is 0.212. The van der Waals surface area contributed by atoms with Gasteiger partial charge in [0.1, 0.15) is 0 Å². The van der Waals surface area contributed by atoms with Gasteiger partial charge in [-0.25, -0.2) is 0 Å². The van der Waals surface area contributed by atoms with Gasteiger partial charge in [0.2, 0.25) is 5.91 Å². The quantitative estimate of drug-likeness (QED) is 0.663. The molecule has 1 aliphatic rings. The molecular weight excluding hydrogens is 234 g/mol. The van der Waals surface area contributed by atoms with Crippen molar-refractivity contribution in [2.24, 2.45) is 17.8 Å². The fourth-order valence-corrected chi connectivity index (χ4v) is 2.64. The number of carboxylic acids is 1. The Morgan fingerprint density at radius 1 is 1.33 bits per heavy atom. The fourth-order valence-electron chi connectivity index (χ4n) is 2.64. The van der Waals surface area contributed by atoms with E-state index in [1.54, 1.807) is 0 Å². The molecule has 0 aromatic heterocycles. The van der Waals surface area contributed by atoms with Gasteiger partial charge in [-0.1, -0.05) is 20.3 Å². The molecule has 1 rings (SSSR count). The van der Waals surface area contributed by atoms with Gasteiger partial charge in [-0.3, -0.25) is 9.59 Å². The van der Waals surface area contributed by atoms with Crippen LogP contribution in [0, 0.1) is 17.8 Å². The number of hydrogen-bond acceptors (Lipinski definition) is 3. The molecule has 4 atom stereocenters. The number of aliphatic hydroxyl groups excluding tert-OH is 1. The summed E-state index contributed by atoms with van der Waals surface area (Å²) in [5.41, 5.74) is 0. The second-order valence-corrected chi connectivity index (χ2v) is 5.32. The zero-order chi connectivity index (χ0) is 13.7. The number of nitrogens with one attached hydrogen (secondary N) is 1. The van der Waals surface area contributed by atoms with Gasteiger partial charge in [-0.2, -0.15) is 0 Å². The number of carbonyl (C=O) groups is 2. The number of aliphatic hydroxyl groups is 1. The summed E-state index contributed by atoms with van der Waals surface area (Å²) in [6.45, 7) is 4.14. The Morgan fingerprint density at radius 2 is 1.94 bits per heavy atom. The van der Waals surface area contributed by atoms with Crippen molar-refractivity contribution in [3.63, 3.8) is 0 Å². The van der Waals surface area contributed by atoms with Crippen molar-refractivity contribution in [2.75, 3.05) is 6.54 Å². The SMILES string of the molecule is CCCC(O)CNC(=O)C1CC(C)CC1C(=O)O. The molecule has 1 saturated carbocycles. The molecule has 1 aliphatic carbocycles. The molecule has 104 valence electrons. The maximum atomic E-state index is 11.9. The number of carbonyl (C=O) groups excluding carboxylic acids is 1. The molecule has 0 spiro atoms. The van der Waals surface area contributed by atoms with E-state index in [9.17, 15) is 14.7 Å². The molecule has 0 aliphatic heterocycles. The molecular formula is C13H23NO4. The number of carboxylic acid groups (broad SMARTS) is 1. The van der Waals surface area contributed by atoms with Crippen LogP contribution in [0.4, 0.5) is 0 Å². The second-order valence-electron chi connectivity index (χ2n) is 5.32. The van der Waals surface area contributed by atoms with Crippen molar-refractivity contribution >= 4 is 11.9 Å². The molecule has 1 fully saturated rings. The molecule has 1 amide bonds. The number of hydrogen-bond donors (Lipinski definition) is 3. The van der Waals surface area contributed by atoms with Crippen LogP contribution in [0.3, 0.4) is 0 Å². The Balaban J connectivity index is 2.47. The Bertz CT molecular complexity index is 305. The Hall–Kier alpha value is -1.10. The maximum Gasteiger partial charge on any atom is 0.307 e. The van der Waals surface area contributed by atoms with Crippen molar-refractivity contribution in [1.82, 2.24) is 5.32 Å². The van der Waals surface area contributed by atoms with E-state index in [4.69, 9.17) is 5.11 Å². The highest BCUT2D eigenvalue weighted by Gasteiger charge is 2.41. The highest BCUT2D eigenvalue weighted by Crippen LogP contribution is 2.36. The van der Waals surface area contributed by atoms with E-state index in [0.717, 1.165) is 6.42 Å². The van der Waals surface area contributed by atoms with Gasteiger partial charge in [0.05, 0.1) is 17.9 Å². The Labute approximate surface area is 108 Å². The van der Waals surface area contributed by atoms with Crippen molar-refractivity contribution in [1.29, 1.82) is 0 Å². The van der Waals surface area contributed by atoms with Crippen LogP contribution < -0.4 is 5.32 Å². The lowest BCUT2D eigenvalue weighted by Gasteiger charge is -2.17. The Kier molecular flexibility index (Phi) is 5.59. The lowest BCUT2D eigenvalue weighted by molar-refractivity contribution is -0.146. The largest absolute Gasteiger partial charge is 0.481 e. The van der Waals surface area contributed by atoms with Gasteiger partial charge in [-0.15, -0.1) is 0 Å². The van der Waals surface area contributed by atoms with E-state index in [2.05, 4.69) is 5.32 Å². The summed E-state index contributed by atoms with van der Waals surface area (Å²) in [5, 5.41) is 21.3. The van der Waals surface area contributed by atoms with Crippen LogP contribution in [0.5, 0.6) is 0 Å². The minimum Gasteiger partial charge on any atom is -0.481 e. The minimum atomic E-state index is -0.895. The number of aliphatic carboxylic acids is 1. The van der Waals surface area contributed by atoms with E-state index in [-0.39, 0.29) is 18.4 Å². The van der Waals surface area contributed by atoms with Crippen LogP contribution in [0.2, 0.25) is 0 Å². The average molecular weight is 257 g/mol. The first kappa shape index (κ1) is 15.0. The first-order valence-corrected chi connectivity index (χ1v) is 6.64. The van der Waals surface area contributed by atoms with Crippen molar-refractivity contribution in [2.45, 2.75) is 45.6 Å². The predicted molar refractivity (Wildman–Crippen MR) is 66.9 cm³/mol. The normalized spacial score (nSPS) is 28.9. The zero-order valence-electron chi connectivity index (χ0n) is 11.1. The topological polar surface area (TPSA) is 86.6 Å². The smallest absolute Gasteiger partial charge is 0.307 e. The van der Waals surface area contributed by atoms with E-state index in [0.29, 0.717) is 19.3 Å². The summed E-state index contributed by atoms with van der Waals surface area (Å²) in [7, 11) is 0. The van der Waals surface area contributed by atoms with Crippen LogP contribution in [0.15, 0.2) is 0 Å². The summed E-state index contributed by atoms with van der Waals surface area (Å²) in [4.78, 5) is 23.0. The highest BCUT2D eigenvalue weighted by atomic mass is 16.4. The van der Waals surface area contributed by atoms with Crippen LogP contribution in [0.1, 0.15) is 39.5 Å². The fraction of sp³-hybridized carbons (Fsp3) is 0.846. The molecule has 3 N–H and O–H groups in total. The molecule has 0 saturated heterocycles. The van der Waals surface area contributed by atoms with Crippen LogP contribution >= 0.6 is 0 Å². The van der Waals surface area contributed by atoms with Crippen molar-refractivity contribution < 1.29 is 19.8 Å². The predicted octanol–water partition coefficient (Wildman–Crippen LogP) is 1.01. The third-order valence-electron chi connectivity index (χ3n) is 3.59.